The van der Waals surface area contributed by atoms with Gasteiger partial charge in [-0.05, 0) is 43.4 Å². The Kier molecular flexibility index (Phi) is 6.09. The van der Waals surface area contributed by atoms with Crippen LogP contribution in [0.1, 0.15) is 78.6 Å². The molecule has 0 spiro atoms. The van der Waals surface area contributed by atoms with Gasteiger partial charge in [0.2, 0.25) is 5.91 Å². The highest BCUT2D eigenvalue weighted by Crippen LogP contribution is 2.32. The fourth-order valence-corrected chi connectivity index (χ4v) is 3.96. The third-order valence-electron chi connectivity index (χ3n) is 5.27. The molecule has 2 aliphatic rings. The molecule has 21 heavy (non-hydrogen) atoms. The number of carbonyl (C=O) groups excluding carboxylic acids is 1. The highest BCUT2D eigenvalue weighted by molar-refractivity contribution is 5.76. The van der Waals surface area contributed by atoms with Crippen LogP contribution in [0.4, 0.5) is 0 Å². The summed E-state index contributed by atoms with van der Waals surface area (Å²) in [5.74, 6) is 0.872. The third-order valence-corrected chi connectivity index (χ3v) is 5.27. The van der Waals surface area contributed by atoms with E-state index in [4.69, 9.17) is 0 Å². The maximum Gasteiger partial charge on any atom is 0.220 e. The van der Waals surface area contributed by atoms with E-state index in [1.165, 1.54) is 51.4 Å². The fourth-order valence-electron chi connectivity index (χ4n) is 3.96. The highest BCUT2D eigenvalue weighted by Gasteiger charge is 2.34. The predicted molar refractivity (Wildman–Crippen MR) is 88.2 cm³/mol. The van der Waals surface area contributed by atoms with Crippen molar-refractivity contribution in [3.05, 3.63) is 0 Å². The smallest absolute Gasteiger partial charge is 0.220 e. The van der Waals surface area contributed by atoms with E-state index in [2.05, 4.69) is 31.4 Å². The molecule has 122 valence electrons. The molecular weight excluding hydrogens is 260 g/mol. The zero-order valence-electron chi connectivity index (χ0n) is 14.2. The van der Waals surface area contributed by atoms with Crippen molar-refractivity contribution < 1.29 is 4.79 Å². The second-order valence-electron chi connectivity index (χ2n) is 8.08. The van der Waals surface area contributed by atoms with Gasteiger partial charge in [-0.1, -0.05) is 40.0 Å². The van der Waals surface area contributed by atoms with Crippen LogP contribution in [0.2, 0.25) is 0 Å². The minimum Gasteiger partial charge on any atom is -0.356 e. The molecule has 2 rings (SSSR count). The van der Waals surface area contributed by atoms with E-state index in [-0.39, 0.29) is 11.3 Å². The lowest BCUT2D eigenvalue weighted by molar-refractivity contribution is -0.122. The molecule has 0 saturated carbocycles. The summed E-state index contributed by atoms with van der Waals surface area (Å²) in [5, 5.41) is 6.83. The summed E-state index contributed by atoms with van der Waals surface area (Å²) in [6, 6.07) is 1.37. The fraction of sp³-hybridized carbons (Fsp3) is 0.944. The average molecular weight is 294 g/mol. The minimum absolute atomic E-state index is 0.234. The Morgan fingerprint density at radius 3 is 2.48 bits per heavy atom. The number of carbonyl (C=O) groups is 1. The number of hydrogen-bond donors (Lipinski definition) is 2. The van der Waals surface area contributed by atoms with Crippen LogP contribution in [0.3, 0.4) is 0 Å². The first-order valence-corrected chi connectivity index (χ1v) is 9.01. The molecule has 2 aliphatic heterocycles. The molecule has 1 amide bonds. The van der Waals surface area contributed by atoms with Crippen molar-refractivity contribution in [3.63, 3.8) is 0 Å². The highest BCUT2D eigenvalue weighted by atomic mass is 16.1. The number of fused-ring (bicyclic) bond motifs is 2. The topological polar surface area (TPSA) is 41.1 Å². The Morgan fingerprint density at radius 1 is 1.19 bits per heavy atom. The van der Waals surface area contributed by atoms with Crippen molar-refractivity contribution >= 4 is 5.91 Å². The number of amides is 1. The van der Waals surface area contributed by atoms with Gasteiger partial charge in [0.25, 0.3) is 0 Å². The molecule has 3 nitrogen and oxygen atoms in total. The molecule has 2 saturated heterocycles. The summed E-state index contributed by atoms with van der Waals surface area (Å²) >= 11 is 0. The quantitative estimate of drug-likeness (QED) is 0.671. The number of hydrogen-bond acceptors (Lipinski definition) is 2. The van der Waals surface area contributed by atoms with Crippen LogP contribution < -0.4 is 10.6 Å². The molecule has 2 heterocycles. The van der Waals surface area contributed by atoms with Crippen LogP contribution >= 0.6 is 0 Å². The van der Waals surface area contributed by atoms with Gasteiger partial charge in [-0.15, -0.1) is 0 Å². The van der Waals surface area contributed by atoms with E-state index in [9.17, 15) is 4.79 Å². The standard InChI is InChI=1S/C18H34N2O/c1-4-5-6-9-18(2,3)13-19-17(21)12-14-10-15-7-8-16(11-14)20-15/h14-16,20H,4-13H2,1-3H3,(H,19,21). The summed E-state index contributed by atoms with van der Waals surface area (Å²) in [6.45, 7) is 7.61. The Morgan fingerprint density at radius 2 is 1.86 bits per heavy atom. The molecule has 3 heteroatoms. The SMILES string of the molecule is CCCCCC(C)(C)CNC(=O)CC1CC2CCC(C1)N2. The van der Waals surface area contributed by atoms with Gasteiger partial charge in [0.1, 0.15) is 0 Å². The number of rotatable bonds is 8. The van der Waals surface area contributed by atoms with Gasteiger partial charge in [0, 0.05) is 25.0 Å². The van der Waals surface area contributed by atoms with Gasteiger partial charge in [-0.2, -0.15) is 0 Å². The zero-order valence-corrected chi connectivity index (χ0v) is 14.2. The van der Waals surface area contributed by atoms with Crippen molar-refractivity contribution in [3.8, 4) is 0 Å². The number of nitrogens with one attached hydrogen (secondary N) is 2. The van der Waals surface area contributed by atoms with Crippen molar-refractivity contribution in [2.24, 2.45) is 11.3 Å². The summed E-state index contributed by atoms with van der Waals surface area (Å²) in [4.78, 5) is 12.2. The van der Waals surface area contributed by atoms with Crippen LogP contribution in [0.5, 0.6) is 0 Å². The number of piperidine rings is 1. The van der Waals surface area contributed by atoms with E-state index < -0.39 is 0 Å². The second-order valence-corrected chi connectivity index (χ2v) is 8.08. The Bertz CT molecular complexity index is 328. The van der Waals surface area contributed by atoms with Gasteiger partial charge in [0.15, 0.2) is 0 Å². The van der Waals surface area contributed by atoms with Crippen molar-refractivity contribution in [1.82, 2.24) is 10.6 Å². The van der Waals surface area contributed by atoms with Crippen LogP contribution in [0.15, 0.2) is 0 Å². The lowest BCUT2D eigenvalue weighted by Crippen LogP contribution is -2.40. The lowest BCUT2D eigenvalue weighted by Gasteiger charge is -2.29. The summed E-state index contributed by atoms with van der Waals surface area (Å²) < 4.78 is 0. The van der Waals surface area contributed by atoms with Crippen molar-refractivity contribution in [2.75, 3.05) is 6.54 Å². The molecule has 2 bridgehead atoms. The van der Waals surface area contributed by atoms with Gasteiger partial charge >= 0.3 is 0 Å². The second kappa shape index (κ2) is 7.62. The molecule has 2 unspecified atom stereocenters. The van der Waals surface area contributed by atoms with Gasteiger partial charge in [-0.3, -0.25) is 4.79 Å². The van der Waals surface area contributed by atoms with Crippen LogP contribution in [0.25, 0.3) is 0 Å². The average Bonchev–Trinajstić information content (AvgIpc) is 2.76. The largest absolute Gasteiger partial charge is 0.356 e. The normalized spacial score (nSPS) is 28.6. The monoisotopic (exact) mass is 294 g/mol. The number of unbranched alkanes of at least 4 members (excludes halogenated alkanes) is 2. The van der Waals surface area contributed by atoms with Gasteiger partial charge < -0.3 is 10.6 Å². The van der Waals surface area contributed by atoms with E-state index >= 15 is 0 Å². The first-order chi connectivity index (χ1) is 9.98. The first kappa shape index (κ1) is 16.8. The molecule has 2 fully saturated rings. The summed E-state index contributed by atoms with van der Waals surface area (Å²) in [6.07, 6.45) is 10.8. The zero-order chi connectivity index (χ0) is 15.3. The summed E-state index contributed by atoms with van der Waals surface area (Å²) in [5.41, 5.74) is 0.234. The van der Waals surface area contributed by atoms with Crippen molar-refractivity contribution in [2.45, 2.75) is 90.6 Å². The molecular formula is C18H34N2O. The maximum atomic E-state index is 12.2. The third kappa shape index (κ3) is 5.61. The molecule has 0 radical (unpaired) electrons. The molecule has 0 aromatic heterocycles. The Hall–Kier alpha value is -0.570. The lowest BCUT2D eigenvalue weighted by atomic mass is 9.86. The van der Waals surface area contributed by atoms with E-state index in [1.54, 1.807) is 0 Å². The van der Waals surface area contributed by atoms with Gasteiger partial charge in [-0.25, -0.2) is 0 Å². The van der Waals surface area contributed by atoms with Gasteiger partial charge in [0.05, 0.1) is 0 Å². The van der Waals surface area contributed by atoms with Crippen LogP contribution in [-0.2, 0) is 4.79 Å². The predicted octanol–water partition coefficient (Wildman–Crippen LogP) is 3.63. The van der Waals surface area contributed by atoms with Crippen molar-refractivity contribution in [1.29, 1.82) is 0 Å². The molecule has 0 aliphatic carbocycles. The molecule has 2 atom stereocenters. The first-order valence-electron chi connectivity index (χ1n) is 9.01. The minimum atomic E-state index is 0.234. The molecule has 0 aromatic carbocycles. The van der Waals surface area contributed by atoms with Crippen LogP contribution in [0, 0.1) is 11.3 Å². The van der Waals surface area contributed by atoms with Crippen LogP contribution in [-0.4, -0.2) is 24.5 Å². The molecule has 2 N–H and O–H groups in total. The Labute approximate surface area is 130 Å². The molecule has 0 aromatic rings. The van der Waals surface area contributed by atoms with E-state index in [0.29, 0.717) is 18.0 Å². The van der Waals surface area contributed by atoms with E-state index in [1.807, 2.05) is 0 Å². The van der Waals surface area contributed by atoms with E-state index in [0.717, 1.165) is 13.0 Å². The Balaban J connectivity index is 1.65. The summed E-state index contributed by atoms with van der Waals surface area (Å²) in [7, 11) is 0. The maximum absolute atomic E-state index is 12.2.